The summed E-state index contributed by atoms with van der Waals surface area (Å²) in [5.74, 6) is 1.09. The van der Waals surface area contributed by atoms with Gasteiger partial charge in [-0.1, -0.05) is 25.1 Å². The number of fused-ring (bicyclic) bond motifs is 2. The number of aromatic nitrogens is 2. The maximum absolute atomic E-state index is 13.1. The third-order valence-electron chi connectivity index (χ3n) is 4.96. The molecule has 0 radical (unpaired) electrons. The summed E-state index contributed by atoms with van der Waals surface area (Å²) in [6.07, 6.45) is 1.79. The van der Waals surface area contributed by atoms with Crippen molar-refractivity contribution in [3.8, 4) is 0 Å². The van der Waals surface area contributed by atoms with Gasteiger partial charge in [0.2, 0.25) is 0 Å². The van der Waals surface area contributed by atoms with Gasteiger partial charge < -0.3 is 9.47 Å². The maximum Gasteiger partial charge on any atom is 0.258 e. The summed E-state index contributed by atoms with van der Waals surface area (Å²) >= 11 is 0. The average Bonchev–Trinajstić information content (AvgIpc) is 3.10. The van der Waals surface area contributed by atoms with Crippen molar-refractivity contribution >= 4 is 22.6 Å². The Balaban J connectivity index is 1.76. The molecule has 1 amide bonds. The van der Waals surface area contributed by atoms with Crippen molar-refractivity contribution in [2.75, 3.05) is 4.90 Å². The molecule has 0 bridgehead atoms. The number of hydrogen-bond donors (Lipinski definition) is 0. The highest BCUT2D eigenvalue weighted by Crippen LogP contribution is 2.33. The molecule has 0 saturated carbocycles. The van der Waals surface area contributed by atoms with Crippen LogP contribution in [0.1, 0.15) is 35.6 Å². The first-order chi connectivity index (χ1) is 11.6. The Hall–Kier alpha value is -2.62. The van der Waals surface area contributed by atoms with Crippen LogP contribution in [0.3, 0.4) is 0 Å². The number of aryl methyl sites for hydroxylation is 2. The van der Waals surface area contributed by atoms with E-state index in [4.69, 9.17) is 0 Å². The van der Waals surface area contributed by atoms with E-state index in [2.05, 4.69) is 29.5 Å². The lowest BCUT2D eigenvalue weighted by atomic mass is 10.1. The molecule has 2 heterocycles. The predicted octanol–water partition coefficient (Wildman–Crippen LogP) is 3.73. The largest absolute Gasteiger partial charge is 0.331 e. The normalized spacial score (nSPS) is 16.6. The second-order valence-electron chi connectivity index (χ2n) is 6.50. The zero-order valence-electron chi connectivity index (χ0n) is 14.3. The molecule has 0 saturated heterocycles. The minimum absolute atomic E-state index is 0.0538. The lowest BCUT2D eigenvalue weighted by Crippen LogP contribution is -2.35. The Morgan fingerprint density at radius 3 is 2.83 bits per heavy atom. The van der Waals surface area contributed by atoms with E-state index in [0.717, 1.165) is 35.4 Å². The van der Waals surface area contributed by atoms with Gasteiger partial charge in [0, 0.05) is 30.8 Å². The van der Waals surface area contributed by atoms with Gasteiger partial charge in [-0.05, 0) is 43.2 Å². The highest BCUT2D eigenvalue weighted by molar-refractivity contribution is 6.09. The highest BCUT2D eigenvalue weighted by atomic mass is 16.2. The van der Waals surface area contributed by atoms with Crippen molar-refractivity contribution < 1.29 is 4.79 Å². The summed E-state index contributed by atoms with van der Waals surface area (Å²) in [7, 11) is 2.02. The van der Waals surface area contributed by atoms with Crippen molar-refractivity contribution in [2.45, 2.75) is 32.7 Å². The van der Waals surface area contributed by atoms with Crippen LogP contribution in [-0.4, -0.2) is 21.5 Å². The summed E-state index contributed by atoms with van der Waals surface area (Å²) in [4.78, 5) is 19.7. The molecule has 4 heteroatoms. The summed E-state index contributed by atoms with van der Waals surface area (Å²) in [5.41, 5.74) is 4.93. The summed E-state index contributed by atoms with van der Waals surface area (Å²) in [5, 5.41) is 0. The SMILES string of the molecule is CCc1nc2cc(C(=O)N3c4ccccc4C[C@@H]3C)ccc2n1C. The minimum atomic E-state index is 0.0538. The van der Waals surface area contributed by atoms with Crippen LogP contribution in [0.15, 0.2) is 42.5 Å². The lowest BCUT2D eigenvalue weighted by molar-refractivity contribution is 0.0981. The maximum atomic E-state index is 13.1. The van der Waals surface area contributed by atoms with Crippen LogP contribution in [0.25, 0.3) is 11.0 Å². The number of carbonyl (C=O) groups is 1. The van der Waals surface area contributed by atoms with E-state index in [1.54, 1.807) is 0 Å². The van der Waals surface area contributed by atoms with Gasteiger partial charge in [-0.3, -0.25) is 4.79 Å². The van der Waals surface area contributed by atoms with Crippen LogP contribution in [0, 0.1) is 0 Å². The Kier molecular flexibility index (Phi) is 3.41. The van der Waals surface area contributed by atoms with E-state index in [0.29, 0.717) is 5.56 Å². The number of benzene rings is 2. The van der Waals surface area contributed by atoms with Gasteiger partial charge in [-0.25, -0.2) is 4.98 Å². The zero-order chi connectivity index (χ0) is 16.8. The van der Waals surface area contributed by atoms with Crippen LogP contribution in [0.5, 0.6) is 0 Å². The van der Waals surface area contributed by atoms with Crippen LogP contribution in [0.4, 0.5) is 5.69 Å². The van der Waals surface area contributed by atoms with Crippen LogP contribution >= 0.6 is 0 Å². The molecule has 0 spiro atoms. The summed E-state index contributed by atoms with van der Waals surface area (Å²) < 4.78 is 2.09. The molecule has 1 aliphatic heterocycles. The second-order valence-corrected chi connectivity index (χ2v) is 6.50. The molecule has 0 aliphatic carbocycles. The number of amides is 1. The Labute approximate surface area is 141 Å². The first kappa shape index (κ1) is 14.9. The van der Waals surface area contributed by atoms with Crippen molar-refractivity contribution in [3.63, 3.8) is 0 Å². The molecule has 3 aromatic rings. The molecule has 4 nitrogen and oxygen atoms in total. The monoisotopic (exact) mass is 319 g/mol. The highest BCUT2D eigenvalue weighted by Gasteiger charge is 2.31. The standard InChI is InChI=1S/C20H21N3O/c1-4-19-21-16-12-15(9-10-18(16)22(19)3)20(24)23-13(2)11-14-7-5-6-8-17(14)23/h5-10,12-13H,4,11H2,1-3H3/t13-/m0/s1. The number of carbonyl (C=O) groups excluding carboxylic acids is 1. The minimum Gasteiger partial charge on any atom is -0.331 e. The number of para-hydroxylation sites is 1. The van der Waals surface area contributed by atoms with E-state index in [1.165, 1.54) is 5.56 Å². The van der Waals surface area contributed by atoms with Gasteiger partial charge in [-0.15, -0.1) is 0 Å². The van der Waals surface area contributed by atoms with E-state index in [1.807, 2.05) is 48.3 Å². The van der Waals surface area contributed by atoms with E-state index < -0.39 is 0 Å². The molecule has 2 aromatic carbocycles. The Morgan fingerprint density at radius 1 is 1.25 bits per heavy atom. The molecule has 0 N–H and O–H groups in total. The summed E-state index contributed by atoms with van der Waals surface area (Å²) in [6, 6.07) is 14.2. The van der Waals surface area contributed by atoms with E-state index >= 15 is 0 Å². The molecular formula is C20H21N3O. The number of anilines is 1. The molecule has 0 unspecified atom stereocenters. The predicted molar refractivity (Wildman–Crippen MR) is 96.5 cm³/mol. The molecule has 24 heavy (non-hydrogen) atoms. The van der Waals surface area contributed by atoms with Gasteiger partial charge >= 0.3 is 0 Å². The van der Waals surface area contributed by atoms with E-state index in [-0.39, 0.29) is 11.9 Å². The van der Waals surface area contributed by atoms with Gasteiger partial charge in [0.1, 0.15) is 5.82 Å². The van der Waals surface area contributed by atoms with Gasteiger partial charge in [-0.2, -0.15) is 0 Å². The Bertz CT molecular complexity index is 941. The van der Waals surface area contributed by atoms with Gasteiger partial charge in [0.15, 0.2) is 0 Å². The summed E-state index contributed by atoms with van der Waals surface area (Å²) in [6.45, 7) is 4.20. The molecular weight excluding hydrogens is 298 g/mol. The first-order valence-electron chi connectivity index (χ1n) is 8.47. The van der Waals surface area contributed by atoms with Crippen LogP contribution < -0.4 is 4.90 Å². The smallest absolute Gasteiger partial charge is 0.258 e. The third kappa shape index (κ3) is 2.13. The fraction of sp³-hybridized carbons (Fsp3) is 0.300. The second kappa shape index (κ2) is 5.48. The average molecular weight is 319 g/mol. The van der Waals surface area contributed by atoms with Gasteiger partial charge in [0.25, 0.3) is 5.91 Å². The fourth-order valence-electron chi connectivity index (χ4n) is 3.71. The molecule has 122 valence electrons. The first-order valence-corrected chi connectivity index (χ1v) is 8.47. The Morgan fingerprint density at radius 2 is 2.04 bits per heavy atom. The number of hydrogen-bond acceptors (Lipinski definition) is 2. The molecule has 1 aliphatic rings. The fourth-order valence-corrected chi connectivity index (χ4v) is 3.71. The van der Waals surface area contributed by atoms with Crippen molar-refractivity contribution in [2.24, 2.45) is 7.05 Å². The quantitative estimate of drug-likeness (QED) is 0.722. The number of imidazole rings is 1. The van der Waals surface area contributed by atoms with Gasteiger partial charge in [0.05, 0.1) is 11.0 Å². The van der Waals surface area contributed by atoms with Crippen molar-refractivity contribution in [3.05, 3.63) is 59.4 Å². The zero-order valence-corrected chi connectivity index (χ0v) is 14.3. The molecule has 1 aromatic heterocycles. The topological polar surface area (TPSA) is 38.1 Å². The van der Waals surface area contributed by atoms with Crippen LogP contribution in [0.2, 0.25) is 0 Å². The van der Waals surface area contributed by atoms with Crippen molar-refractivity contribution in [1.82, 2.24) is 9.55 Å². The molecule has 1 atom stereocenters. The third-order valence-corrected chi connectivity index (χ3v) is 4.96. The molecule has 4 rings (SSSR count). The number of rotatable bonds is 2. The lowest BCUT2D eigenvalue weighted by Gasteiger charge is -2.22. The molecule has 0 fully saturated rings. The van der Waals surface area contributed by atoms with Crippen molar-refractivity contribution in [1.29, 1.82) is 0 Å². The van der Waals surface area contributed by atoms with E-state index in [9.17, 15) is 4.79 Å². The van der Waals surface area contributed by atoms with Crippen LogP contribution in [-0.2, 0) is 19.9 Å². The number of nitrogens with zero attached hydrogens (tertiary/aromatic N) is 3.